The van der Waals surface area contributed by atoms with Crippen LogP contribution in [0, 0.1) is 6.92 Å². The first-order valence-corrected chi connectivity index (χ1v) is 8.08. The van der Waals surface area contributed by atoms with Crippen LogP contribution in [0.2, 0.25) is 5.02 Å². The van der Waals surface area contributed by atoms with Gasteiger partial charge in [-0.15, -0.1) is 0 Å². The lowest BCUT2D eigenvalue weighted by atomic mass is 10.1. The molecule has 0 aliphatic rings. The number of rotatable bonds is 3. The highest BCUT2D eigenvalue weighted by molar-refractivity contribution is 6.31. The van der Waals surface area contributed by atoms with Crippen molar-refractivity contribution in [1.82, 2.24) is 4.57 Å². The maximum Gasteiger partial charge on any atom is 0.261 e. The van der Waals surface area contributed by atoms with E-state index in [4.69, 9.17) is 11.6 Å². The Morgan fingerprint density at radius 3 is 2.71 bits per heavy atom. The third-order valence-corrected chi connectivity index (χ3v) is 4.14. The highest BCUT2D eigenvalue weighted by Crippen LogP contribution is 2.17. The predicted octanol–water partition coefficient (Wildman–Crippen LogP) is 4.24. The van der Waals surface area contributed by atoms with Gasteiger partial charge in [0.2, 0.25) is 5.43 Å². The zero-order valence-electron chi connectivity index (χ0n) is 13.5. The number of nitrogens with zero attached hydrogens (tertiary/aromatic N) is 1. The van der Waals surface area contributed by atoms with E-state index in [2.05, 4.69) is 5.32 Å². The monoisotopic (exact) mass is 340 g/mol. The van der Waals surface area contributed by atoms with E-state index in [-0.39, 0.29) is 11.0 Å². The zero-order valence-corrected chi connectivity index (χ0v) is 14.2. The fourth-order valence-electron chi connectivity index (χ4n) is 2.70. The zero-order chi connectivity index (χ0) is 17.3. The molecule has 0 unspecified atom stereocenters. The van der Waals surface area contributed by atoms with E-state index < -0.39 is 5.91 Å². The molecule has 0 saturated carbocycles. The molecule has 0 bridgehead atoms. The summed E-state index contributed by atoms with van der Waals surface area (Å²) in [6.45, 7) is 4.56. The van der Waals surface area contributed by atoms with Gasteiger partial charge in [0.05, 0.1) is 5.52 Å². The van der Waals surface area contributed by atoms with Gasteiger partial charge in [-0.2, -0.15) is 0 Å². The van der Waals surface area contributed by atoms with Gasteiger partial charge in [-0.05, 0) is 44.2 Å². The van der Waals surface area contributed by atoms with E-state index >= 15 is 0 Å². The summed E-state index contributed by atoms with van der Waals surface area (Å²) in [5.74, 6) is -0.437. The SMILES string of the molecule is CCn1cc(C(=O)Nc2cccc(Cl)c2)c(=O)c2cc(C)ccc21. The fourth-order valence-corrected chi connectivity index (χ4v) is 2.89. The molecule has 1 aromatic heterocycles. The minimum absolute atomic E-state index is 0.120. The van der Waals surface area contributed by atoms with E-state index in [0.29, 0.717) is 22.6 Å². The van der Waals surface area contributed by atoms with Crippen molar-refractivity contribution in [2.75, 3.05) is 5.32 Å². The highest BCUT2D eigenvalue weighted by Gasteiger charge is 2.15. The summed E-state index contributed by atoms with van der Waals surface area (Å²) in [5.41, 5.74) is 2.22. The molecule has 0 radical (unpaired) electrons. The minimum Gasteiger partial charge on any atom is -0.347 e. The molecule has 0 atom stereocenters. The van der Waals surface area contributed by atoms with Crippen LogP contribution in [0.25, 0.3) is 10.9 Å². The Labute approximate surface area is 144 Å². The molecule has 0 aliphatic heterocycles. The summed E-state index contributed by atoms with van der Waals surface area (Å²) in [4.78, 5) is 25.3. The number of halogens is 1. The second-order valence-corrected chi connectivity index (χ2v) is 6.08. The van der Waals surface area contributed by atoms with Gasteiger partial charge in [0.15, 0.2) is 0 Å². The van der Waals surface area contributed by atoms with Crippen molar-refractivity contribution in [2.24, 2.45) is 0 Å². The number of amides is 1. The number of nitrogens with one attached hydrogen (secondary N) is 1. The van der Waals surface area contributed by atoms with Crippen LogP contribution in [-0.2, 0) is 6.54 Å². The molecular weight excluding hydrogens is 324 g/mol. The van der Waals surface area contributed by atoms with E-state index in [1.54, 1.807) is 30.5 Å². The third-order valence-electron chi connectivity index (χ3n) is 3.90. The first-order chi connectivity index (χ1) is 11.5. The van der Waals surface area contributed by atoms with Crippen LogP contribution in [-0.4, -0.2) is 10.5 Å². The van der Waals surface area contributed by atoms with Crippen molar-refractivity contribution >= 4 is 34.1 Å². The Balaban J connectivity index is 2.10. The molecule has 24 heavy (non-hydrogen) atoms. The smallest absolute Gasteiger partial charge is 0.261 e. The lowest BCUT2D eigenvalue weighted by molar-refractivity contribution is 0.102. The van der Waals surface area contributed by atoms with Crippen LogP contribution in [0.4, 0.5) is 5.69 Å². The second-order valence-electron chi connectivity index (χ2n) is 5.64. The normalized spacial score (nSPS) is 10.8. The van der Waals surface area contributed by atoms with Gasteiger partial charge < -0.3 is 9.88 Å². The second kappa shape index (κ2) is 6.49. The molecule has 122 valence electrons. The summed E-state index contributed by atoms with van der Waals surface area (Å²) in [5, 5.41) is 3.81. The fraction of sp³-hybridized carbons (Fsp3) is 0.158. The molecule has 1 N–H and O–H groups in total. The molecule has 3 rings (SSSR count). The Hall–Kier alpha value is -2.59. The minimum atomic E-state index is -0.437. The molecule has 4 nitrogen and oxygen atoms in total. The maximum atomic E-state index is 12.7. The third kappa shape index (κ3) is 3.05. The number of carbonyl (C=O) groups is 1. The summed E-state index contributed by atoms with van der Waals surface area (Å²) in [6.07, 6.45) is 1.61. The molecule has 2 aromatic carbocycles. The van der Waals surface area contributed by atoms with Gasteiger partial charge in [-0.3, -0.25) is 9.59 Å². The van der Waals surface area contributed by atoms with Crippen LogP contribution < -0.4 is 10.7 Å². The number of benzene rings is 2. The number of pyridine rings is 1. The standard InChI is InChI=1S/C19H17ClN2O2/c1-3-22-11-16(18(23)15-9-12(2)7-8-17(15)22)19(24)21-14-6-4-5-13(20)10-14/h4-11H,3H2,1-2H3,(H,21,24). The highest BCUT2D eigenvalue weighted by atomic mass is 35.5. The van der Waals surface area contributed by atoms with Crippen molar-refractivity contribution in [1.29, 1.82) is 0 Å². The summed E-state index contributed by atoms with van der Waals surface area (Å²) in [7, 11) is 0. The number of hydrogen-bond donors (Lipinski definition) is 1. The number of carbonyl (C=O) groups excluding carboxylic acids is 1. The van der Waals surface area contributed by atoms with Crippen molar-refractivity contribution < 1.29 is 4.79 Å². The number of anilines is 1. The Kier molecular flexibility index (Phi) is 4.40. The molecule has 3 aromatic rings. The van der Waals surface area contributed by atoms with Crippen LogP contribution in [0.15, 0.2) is 53.5 Å². The molecule has 0 fully saturated rings. The van der Waals surface area contributed by atoms with Gasteiger partial charge in [0.25, 0.3) is 5.91 Å². The first-order valence-electron chi connectivity index (χ1n) is 7.70. The number of aromatic nitrogens is 1. The van der Waals surface area contributed by atoms with Crippen molar-refractivity contribution in [3.63, 3.8) is 0 Å². The molecule has 1 heterocycles. The topological polar surface area (TPSA) is 51.1 Å². The molecule has 0 aliphatic carbocycles. The lowest BCUT2D eigenvalue weighted by Crippen LogP contribution is -2.24. The van der Waals surface area contributed by atoms with Gasteiger partial charge in [-0.1, -0.05) is 29.3 Å². The average Bonchev–Trinajstić information content (AvgIpc) is 2.55. The van der Waals surface area contributed by atoms with Crippen LogP contribution in [0.3, 0.4) is 0 Å². The number of aryl methyl sites for hydroxylation is 2. The summed E-state index contributed by atoms with van der Waals surface area (Å²) < 4.78 is 1.91. The summed E-state index contributed by atoms with van der Waals surface area (Å²) >= 11 is 5.93. The summed E-state index contributed by atoms with van der Waals surface area (Å²) in [6, 6.07) is 12.5. The van der Waals surface area contributed by atoms with E-state index in [1.807, 2.05) is 36.6 Å². The molecular formula is C19H17ClN2O2. The number of hydrogen-bond acceptors (Lipinski definition) is 2. The van der Waals surface area contributed by atoms with E-state index in [0.717, 1.165) is 11.1 Å². The van der Waals surface area contributed by atoms with Crippen molar-refractivity contribution in [2.45, 2.75) is 20.4 Å². The van der Waals surface area contributed by atoms with Crippen LogP contribution >= 0.6 is 11.6 Å². The van der Waals surface area contributed by atoms with Crippen molar-refractivity contribution in [3.05, 3.63) is 75.0 Å². The maximum absolute atomic E-state index is 12.7. The van der Waals surface area contributed by atoms with Crippen LogP contribution in [0.1, 0.15) is 22.8 Å². The molecule has 1 amide bonds. The Morgan fingerprint density at radius 1 is 1.21 bits per heavy atom. The van der Waals surface area contributed by atoms with Crippen LogP contribution in [0.5, 0.6) is 0 Å². The van der Waals surface area contributed by atoms with E-state index in [1.165, 1.54) is 0 Å². The van der Waals surface area contributed by atoms with E-state index in [9.17, 15) is 9.59 Å². The Bertz CT molecular complexity index is 992. The lowest BCUT2D eigenvalue weighted by Gasteiger charge is -2.12. The largest absolute Gasteiger partial charge is 0.347 e. The van der Waals surface area contributed by atoms with Gasteiger partial charge >= 0.3 is 0 Å². The van der Waals surface area contributed by atoms with Gasteiger partial charge in [0, 0.05) is 28.8 Å². The first kappa shape index (κ1) is 16.3. The molecule has 5 heteroatoms. The quantitative estimate of drug-likeness (QED) is 0.775. The Morgan fingerprint density at radius 2 is 2.00 bits per heavy atom. The predicted molar refractivity (Wildman–Crippen MR) is 98.0 cm³/mol. The van der Waals surface area contributed by atoms with Crippen molar-refractivity contribution in [3.8, 4) is 0 Å². The molecule has 0 spiro atoms. The van der Waals surface area contributed by atoms with Gasteiger partial charge in [-0.25, -0.2) is 0 Å². The van der Waals surface area contributed by atoms with Gasteiger partial charge in [0.1, 0.15) is 5.56 Å². The molecule has 0 saturated heterocycles. The number of fused-ring (bicyclic) bond motifs is 1. The average molecular weight is 341 g/mol.